The highest BCUT2D eigenvalue weighted by Crippen LogP contribution is 2.31. The highest BCUT2D eigenvalue weighted by atomic mass is 15.3. The number of nitrogen functional groups attached to an aromatic ring is 1. The molecule has 0 saturated heterocycles. The van der Waals surface area contributed by atoms with E-state index in [-0.39, 0.29) is 5.41 Å². The van der Waals surface area contributed by atoms with Gasteiger partial charge in [0.05, 0.1) is 6.20 Å². The van der Waals surface area contributed by atoms with Gasteiger partial charge in [-0.15, -0.1) is 0 Å². The smallest absolute Gasteiger partial charge is 0.131 e. The van der Waals surface area contributed by atoms with Gasteiger partial charge in [-0.2, -0.15) is 5.10 Å². The van der Waals surface area contributed by atoms with E-state index in [4.69, 9.17) is 10.7 Å². The molecule has 2 aromatic rings. The maximum absolute atomic E-state index is 6.29. The average Bonchev–Trinajstić information content (AvgIpc) is 2.91. The maximum Gasteiger partial charge on any atom is 0.131 e. The van der Waals surface area contributed by atoms with Crippen LogP contribution < -0.4 is 5.73 Å². The fraction of sp³-hybridized carbons (Fsp3) is 0.600. The van der Waals surface area contributed by atoms with Crippen molar-refractivity contribution in [3.05, 3.63) is 18.2 Å². The summed E-state index contributed by atoms with van der Waals surface area (Å²) in [4.78, 5) is 4.78. The van der Waals surface area contributed by atoms with Gasteiger partial charge in [-0.1, -0.05) is 20.8 Å². The van der Waals surface area contributed by atoms with Crippen molar-refractivity contribution in [1.82, 2.24) is 19.3 Å². The van der Waals surface area contributed by atoms with Crippen LogP contribution in [0.3, 0.4) is 0 Å². The van der Waals surface area contributed by atoms with E-state index in [9.17, 15) is 0 Å². The SMILES string of the molecule is CCn1c(C(C)(C)C)nc(-c2cnn(C(C)C)c2)c1N. The molecule has 0 fully saturated rings. The summed E-state index contributed by atoms with van der Waals surface area (Å²) in [6.45, 7) is 13.6. The number of hydrogen-bond donors (Lipinski definition) is 1. The van der Waals surface area contributed by atoms with Crippen LogP contribution in [-0.4, -0.2) is 19.3 Å². The number of anilines is 1. The summed E-state index contributed by atoms with van der Waals surface area (Å²) in [6.07, 6.45) is 3.85. The zero-order chi connectivity index (χ0) is 15.1. The Bertz CT molecular complexity index is 598. The van der Waals surface area contributed by atoms with Crippen molar-refractivity contribution in [1.29, 1.82) is 0 Å². The highest BCUT2D eigenvalue weighted by Gasteiger charge is 2.25. The summed E-state index contributed by atoms with van der Waals surface area (Å²) >= 11 is 0. The predicted octanol–water partition coefficient (Wildman–Crippen LogP) is 3.23. The molecule has 2 heterocycles. The number of hydrogen-bond acceptors (Lipinski definition) is 3. The second-order valence-electron chi connectivity index (χ2n) is 6.47. The first-order valence-electron chi connectivity index (χ1n) is 7.16. The van der Waals surface area contributed by atoms with Crippen LogP contribution in [0.15, 0.2) is 12.4 Å². The maximum atomic E-state index is 6.29. The fourth-order valence-electron chi connectivity index (χ4n) is 2.31. The summed E-state index contributed by atoms with van der Waals surface area (Å²) in [7, 11) is 0. The van der Waals surface area contributed by atoms with Crippen molar-refractivity contribution in [2.45, 2.75) is 59.5 Å². The Kier molecular flexibility index (Phi) is 3.63. The number of nitrogens with zero attached hydrogens (tertiary/aromatic N) is 4. The first-order valence-corrected chi connectivity index (χ1v) is 7.16. The summed E-state index contributed by atoms with van der Waals surface area (Å²) in [6, 6.07) is 0.334. The van der Waals surface area contributed by atoms with Gasteiger partial charge in [0.15, 0.2) is 0 Å². The van der Waals surface area contributed by atoms with E-state index >= 15 is 0 Å². The Hall–Kier alpha value is -1.78. The molecule has 0 atom stereocenters. The number of imidazole rings is 1. The fourth-order valence-corrected chi connectivity index (χ4v) is 2.31. The molecule has 0 saturated carbocycles. The molecule has 20 heavy (non-hydrogen) atoms. The molecule has 0 amide bonds. The standard InChI is InChI=1S/C15H25N5/c1-7-19-13(16)12(18-14(19)15(4,5)6)11-8-17-20(9-11)10(2)3/h8-10H,7,16H2,1-6H3. The lowest BCUT2D eigenvalue weighted by molar-refractivity contribution is 0.508. The molecule has 0 aliphatic rings. The van der Waals surface area contributed by atoms with Gasteiger partial charge in [0.25, 0.3) is 0 Å². The number of aromatic nitrogens is 4. The van der Waals surface area contributed by atoms with Crippen molar-refractivity contribution < 1.29 is 0 Å². The molecule has 110 valence electrons. The van der Waals surface area contributed by atoms with Crippen molar-refractivity contribution in [2.75, 3.05) is 5.73 Å². The second kappa shape index (κ2) is 4.96. The lowest BCUT2D eigenvalue weighted by atomic mass is 9.96. The van der Waals surface area contributed by atoms with Gasteiger partial charge in [-0.25, -0.2) is 4.98 Å². The van der Waals surface area contributed by atoms with Gasteiger partial charge < -0.3 is 10.3 Å². The van der Waals surface area contributed by atoms with E-state index < -0.39 is 0 Å². The van der Waals surface area contributed by atoms with Crippen LogP contribution in [0.4, 0.5) is 5.82 Å². The molecule has 0 spiro atoms. The molecule has 2 rings (SSSR count). The van der Waals surface area contributed by atoms with Gasteiger partial charge in [0.2, 0.25) is 0 Å². The summed E-state index contributed by atoms with van der Waals surface area (Å²) < 4.78 is 4.01. The molecular formula is C15H25N5. The van der Waals surface area contributed by atoms with Gasteiger partial charge in [0.1, 0.15) is 17.3 Å². The van der Waals surface area contributed by atoms with Crippen molar-refractivity contribution in [3.63, 3.8) is 0 Å². The van der Waals surface area contributed by atoms with Gasteiger partial charge in [-0.3, -0.25) is 4.68 Å². The van der Waals surface area contributed by atoms with Crippen LogP contribution >= 0.6 is 0 Å². The third kappa shape index (κ3) is 2.44. The largest absolute Gasteiger partial charge is 0.383 e. The first kappa shape index (κ1) is 14.6. The van der Waals surface area contributed by atoms with E-state index in [1.165, 1.54) is 0 Å². The van der Waals surface area contributed by atoms with Crippen LogP contribution in [0.25, 0.3) is 11.3 Å². The zero-order valence-corrected chi connectivity index (χ0v) is 13.3. The van der Waals surface area contributed by atoms with Crippen LogP contribution in [-0.2, 0) is 12.0 Å². The monoisotopic (exact) mass is 275 g/mol. The minimum atomic E-state index is -0.0313. The molecule has 0 aliphatic heterocycles. The minimum absolute atomic E-state index is 0.0313. The van der Waals surface area contributed by atoms with E-state index in [1.54, 1.807) is 0 Å². The molecular weight excluding hydrogens is 250 g/mol. The number of rotatable bonds is 3. The molecule has 0 aliphatic carbocycles. The van der Waals surface area contributed by atoms with Gasteiger partial charge >= 0.3 is 0 Å². The van der Waals surface area contributed by atoms with E-state index in [0.717, 1.165) is 29.4 Å². The van der Waals surface area contributed by atoms with Crippen LogP contribution in [0.2, 0.25) is 0 Å². The zero-order valence-electron chi connectivity index (χ0n) is 13.3. The lowest BCUT2D eigenvalue weighted by Gasteiger charge is -2.19. The van der Waals surface area contributed by atoms with Gasteiger partial charge in [0, 0.05) is 29.8 Å². The Morgan fingerprint density at radius 2 is 1.95 bits per heavy atom. The third-order valence-electron chi connectivity index (χ3n) is 3.40. The second-order valence-corrected chi connectivity index (χ2v) is 6.47. The summed E-state index contributed by atoms with van der Waals surface area (Å²) in [5, 5.41) is 4.37. The average molecular weight is 275 g/mol. The molecule has 0 radical (unpaired) electrons. The Morgan fingerprint density at radius 1 is 1.30 bits per heavy atom. The molecule has 5 heteroatoms. The third-order valence-corrected chi connectivity index (χ3v) is 3.40. The summed E-state index contributed by atoms with van der Waals surface area (Å²) in [5.74, 6) is 1.74. The van der Waals surface area contributed by atoms with E-state index in [2.05, 4.69) is 51.2 Å². The summed E-state index contributed by atoms with van der Waals surface area (Å²) in [5.41, 5.74) is 8.08. The van der Waals surface area contributed by atoms with Crippen molar-refractivity contribution >= 4 is 5.82 Å². The van der Waals surface area contributed by atoms with Crippen molar-refractivity contribution in [2.24, 2.45) is 0 Å². The normalized spacial score (nSPS) is 12.3. The Labute approximate surface area is 120 Å². The van der Waals surface area contributed by atoms with Crippen LogP contribution in [0.1, 0.15) is 53.4 Å². The molecule has 2 N–H and O–H groups in total. The van der Waals surface area contributed by atoms with Crippen molar-refractivity contribution in [3.8, 4) is 11.3 Å². The Morgan fingerprint density at radius 3 is 2.35 bits per heavy atom. The topological polar surface area (TPSA) is 61.7 Å². The Balaban J connectivity index is 2.54. The van der Waals surface area contributed by atoms with Gasteiger partial charge in [-0.05, 0) is 20.8 Å². The molecule has 0 bridgehead atoms. The first-order chi connectivity index (χ1) is 9.25. The number of nitrogens with two attached hydrogens (primary N) is 1. The molecule has 2 aromatic heterocycles. The van der Waals surface area contributed by atoms with E-state index in [0.29, 0.717) is 6.04 Å². The van der Waals surface area contributed by atoms with Crippen LogP contribution in [0, 0.1) is 0 Å². The highest BCUT2D eigenvalue weighted by molar-refractivity contribution is 5.70. The van der Waals surface area contributed by atoms with Crippen LogP contribution in [0.5, 0.6) is 0 Å². The van der Waals surface area contributed by atoms with E-state index in [1.807, 2.05) is 17.1 Å². The molecule has 5 nitrogen and oxygen atoms in total. The quantitative estimate of drug-likeness (QED) is 0.935. The molecule has 0 aromatic carbocycles. The lowest BCUT2D eigenvalue weighted by Crippen LogP contribution is -2.19. The predicted molar refractivity (Wildman–Crippen MR) is 82.6 cm³/mol. The molecule has 0 unspecified atom stereocenters. The minimum Gasteiger partial charge on any atom is -0.383 e.